The number of carbonyl (C=O) groups excluding carboxylic acids is 2. The van der Waals surface area contributed by atoms with Gasteiger partial charge < -0.3 is 14.4 Å². The fraction of sp³-hybridized carbons (Fsp3) is 0.400. The third kappa shape index (κ3) is 4.31. The number of hydrogen-bond donors (Lipinski definition) is 0. The Hall–Kier alpha value is -3.34. The zero-order valence-corrected chi connectivity index (χ0v) is 16.9. The highest BCUT2D eigenvalue weighted by atomic mass is 16.6. The van der Waals surface area contributed by atoms with Gasteiger partial charge in [0, 0.05) is 19.5 Å². The van der Waals surface area contributed by atoms with Crippen LogP contribution in [0.3, 0.4) is 0 Å². The van der Waals surface area contributed by atoms with Gasteiger partial charge in [-0.1, -0.05) is 6.07 Å². The van der Waals surface area contributed by atoms with Crippen molar-refractivity contribution in [1.82, 2.24) is 9.47 Å². The predicted molar refractivity (Wildman–Crippen MR) is 106 cm³/mol. The quantitative estimate of drug-likeness (QED) is 0.453. The van der Waals surface area contributed by atoms with Crippen molar-refractivity contribution >= 4 is 35.0 Å². The van der Waals surface area contributed by atoms with Gasteiger partial charge in [-0.3, -0.25) is 0 Å². The van der Waals surface area contributed by atoms with E-state index in [-0.39, 0.29) is 23.6 Å². The number of rotatable bonds is 4. The normalized spacial score (nSPS) is 11.5. The first-order valence-corrected chi connectivity index (χ1v) is 8.79. The minimum atomic E-state index is -0.778. The maximum atomic E-state index is 12.9. The molecule has 2 rings (SSSR count). The zero-order valence-electron chi connectivity index (χ0n) is 16.9. The van der Waals surface area contributed by atoms with Crippen molar-refractivity contribution in [3.63, 3.8) is 0 Å². The van der Waals surface area contributed by atoms with E-state index in [1.807, 2.05) is 0 Å². The molecule has 148 valence electrons. The van der Waals surface area contributed by atoms with Gasteiger partial charge in [0.25, 0.3) is 0 Å². The topological polar surface area (TPSA) is 96.9 Å². The van der Waals surface area contributed by atoms with Gasteiger partial charge in [0.2, 0.25) is 0 Å². The van der Waals surface area contributed by atoms with E-state index in [9.17, 15) is 14.9 Å². The molecule has 0 saturated heterocycles. The highest BCUT2D eigenvalue weighted by Crippen LogP contribution is 2.37. The molecule has 0 fully saturated rings. The van der Waals surface area contributed by atoms with E-state index in [1.54, 1.807) is 64.9 Å². The summed E-state index contributed by atoms with van der Waals surface area (Å²) in [5.41, 5.74) is -0.0324. The van der Waals surface area contributed by atoms with Crippen molar-refractivity contribution < 1.29 is 19.1 Å². The summed E-state index contributed by atoms with van der Waals surface area (Å²) in [4.78, 5) is 31.7. The minimum absolute atomic E-state index is 0.0769. The van der Waals surface area contributed by atoms with Crippen molar-refractivity contribution in [3.05, 3.63) is 29.5 Å². The standard InChI is InChI=1S/C20H24N4O4/c1-7-27-18(25)17-16(22-12-23(5)6)15-13(11-21)9-8-10-14(15)24(17)19(26)28-20(2,3)4/h8-10,12H,7H2,1-6H3/b22-12+. The summed E-state index contributed by atoms with van der Waals surface area (Å²) >= 11 is 0. The minimum Gasteiger partial charge on any atom is -0.461 e. The fourth-order valence-electron chi connectivity index (χ4n) is 2.60. The van der Waals surface area contributed by atoms with Crippen molar-refractivity contribution in [2.45, 2.75) is 33.3 Å². The number of hydrogen-bond acceptors (Lipinski definition) is 6. The lowest BCUT2D eigenvalue weighted by Gasteiger charge is -2.20. The first-order chi connectivity index (χ1) is 13.1. The smallest absolute Gasteiger partial charge is 0.419 e. The summed E-state index contributed by atoms with van der Waals surface area (Å²) < 4.78 is 11.8. The van der Waals surface area contributed by atoms with Gasteiger partial charge in [0.1, 0.15) is 11.3 Å². The number of carbonyl (C=O) groups is 2. The van der Waals surface area contributed by atoms with E-state index in [0.717, 1.165) is 4.57 Å². The average molecular weight is 384 g/mol. The van der Waals surface area contributed by atoms with E-state index < -0.39 is 17.7 Å². The summed E-state index contributed by atoms with van der Waals surface area (Å²) in [5, 5.41) is 9.94. The Morgan fingerprint density at radius 2 is 2.00 bits per heavy atom. The second-order valence-electron chi connectivity index (χ2n) is 7.25. The number of fused-ring (bicyclic) bond motifs is 1. The van der Waals surface area contributed by atoms with Crippen LogP contribution in [-0.2, 0) is 9.47 Å². The Bertz CT molecular complexity index is 975. The Balaban J connectivity index is 2.93. The number of aliphatic imine (C=N–C) groups is 1. The molecule has 0 aliphatic carbocycles. The van der Waals surface area contributed by atoms with Gasteiger partial charge in [0.05, 0.1) is 30.1 Å². The highest BCUT2D eigenvalue weighted by molar-refractivity contribution is 6.12. The lowest BCUT2D eigenvalue weighted by molar-refractivity contribution is 0.0455. The molecule has 0 saturated carbocycles. The summed E-state index contributed by atoms with van der Waals surface area (Å²) in [6.07, 6.45) is 0.743. The summed E-state index contributed by atoms with van der Waals surface area (Å²) in [7, 11) is 3.54. The Morgan fingerprint density at radius 1 is 1.32 bits per heavy atom. The number of esters is 1. The Kier molecular flexibility index (Phi) is 6.09. The monoisotopic (exact) mass is 384 g/mol. The summed E-state index contributed by atoms with van der Waals surface area (Å²) in [6, 6.07) is 6.97. The van der Waals surface area contributed by atoms with Crippen LogP contribution in [0.4, 0.5) is 10.5 Å². The summed E-state index contributed by atoms with van der Waals surface area (Å²) in [6.45, 7) is 6.98. The van der Waals surface area contributed by atoms with Crippen LogP contribution in [0, 0.1) is 11.3 Å². The third-order valence-corrected chi connectivity index (χ3v) is 3.55. The van der Waals surface area contributed by atoms with Crippen LogP contribution in [0.1, 0.15) is 43.7 Å². The number of nitrogens with zero attached hydrogens (tertiary/aromatic N) is 4. The third-order valence-electron chi connectivity index (χ3n) is 3.55. The molecule has 1 aromatic carbocycles. The molecule has 0 bridgehead atoms. The zero-order chi connectivity index (χ0) is 21.1. The molecule has 0 aliphatic heterocycles. The lowest BCUT2D eigenvalue weighted by Crippen LogP contribution is -2.29. The molecule has 2 aromatic rings. The predicted octanol–water partition coefficient (Wildman–Crippen LogP) is 3.69. The Labute approximate surface area is 164 Å². The van der Waals surface area contributed by atoms with E-state index in [4.69, 9.17) is 9.47 Å². The second-order valence-corrected chi connectivity index (χ2v) is 7.25. The van der Waals surface area contributed by atoms with Gasteiger partial charge in [-0.25, -0.2) is 19.1 Å². The SMILES string of the molecule is CCOC(=O)c1c(/N=C/N(C)C)c2c(C#N)cccc2n1C(=O)OC(C)(C)C. The van der Waals surface area contributed by atoms with Crippen LogP contribution >= 0.6 is 0 Å². The molecule has 0 radical (unpaired) electrons. The van der Waals surface area contributed by atoms with Gasteiger partial charge in [-0.2, -0.15) is 5.26 Å². The molecule has 0 spiro atoms. The Morgan fingerprint density at radius 3 is 2.54 bits per heavy atom. The van der Waals surface area contributed by atoms with E-state index in [0.29, 0.717) is 10.9 Å². The van der Waals surface area contributed by atoms with Gasteiger partial charge >= 0.3 is 12.1 Å². The van der Waals surface area contributed by atoms with Crippen LogP contribution in [0.2, 0.25) is 0 Å². The number of ether oxygens (including phenoxy) is 2. The van der Waals surface area contributed by atoms with E-state index in [2.05, 4.69) is 11.1 Å². The van der Waals surface area contributed by atoms with Crippen LogP contribution in [0.25, 0.3) is 10.9 Å². The number of benzene rings is 1. The molecular weight excluding hydrogens is 360 g/mol. The van der Waals surface area contributed by atoms with Crippen molar-refractivity contribution in [2.24, 2.45) is 4.99 Å². The van der Waals surface area contributed by atoms with Crippen molar-refractivity contribution in [1.29, 1.82) is 5.26 Å². The molecular formula is C20H24N4O4. The molecule has 0 amide bonds. The molecule has 0 N–H and O–H groups in total. The van der Waals surface area contributed by atoms with Gasteiger partial charge in [-0.15, -0.1) is 0 Å². The fourth-order valence-corrected chi connectivity index (χ4v) is 2.60. The lowest BCUT2D eigenvalue weighted by atomic mass is 10.1. The van der Waals surface area contributed by atoms with Crippen LogP contribution in [0.15, 0.2) is 23.2 Å². The maximum absolute atomic E-state index is 12.9. The van der Waals surface area contributed by atoms with Gasteiger partial charge in [-0.05, 0) is 39.8 Å². The molecule has 1 aromatic heterocycles. The molecule has 0 aliphatic rings. The van der Waals surface area contributed by atoms with E-state index >= 15 is 0 Å². The van der Waals surface area contributed by atoms with Crippen molar-refractivity contribution in [2.75, 3.05) is 20.7 Å². The number of aromatic nitrogens is 1. The van der Waals surface area contributed by atoms with Crippen LogP contribution < -0.4 is 0 Å². The number of nitriles is 1. The first-order valence-electron chi connectivity index (χ1n) is 8.79. The molecule has 28 heavy (non-hydrogen) atoms. The molecule has 0 unspecified atom stereocenters. The van der Waals surface area contributed by atoms with Crippen LogP contribution in [-0.4, -0.2) is 54.2 Å². The molecule has 8 heteroatoms. The molecule has 8 nitrogen and oxygen atoms in total. The first kappa shape index (κ1) is 21.0. The second kappa shape index (κ2) is 8.13. The van der Waals surface area contributed by atoms with Crippen molar-refractivity contribution in [3.8, 4) is 6.07 Å². The summed E-state index contributed by atoms with van der Waals surface area (Å²) in [5.74, 6) is -0.723. The van der Waals surface area contributed by atoms with E-state index in [1.165, 1.54) is 6.34 Å². The largest absolute Gasteiger partial charge is 0.461 e. The molecule has 0 atom stereocenters. The highest BCUT2D eigenvalue weighted by Gasteiger charge is 2.31. The van der Waals surface area contributed by atoms with Crippen LogP contribution in [0.5, 0.6) is 0 Å². The average Bonchev–Trinajstić information content (AvgIpc) is 2.93. The molecule has 1 heterocycles. The maximum Gasteiger partial charge on any atom is 0.419 e. The van der Waals surface area contributed by atoms with Gasteiger partial charge in [0.15, 0.2) is 5.69 Å².